The molecule has 8 heteroatoms. The van der Waals surface area contributed by atoms with E-state index in [1.54, 1.807) is 42.5 Å². The minimum atomic E-state index is -0.385. The number of anilines is 2. The van der Waals surface area contributed by atoms with Gasteiger partial charge in [-0.15, -0.1) is 0 Å². The molecular formula is C22H17BrCl2N2O3. The Bertz CT molecular complexity index is 1140. The number of halogens is 3. The van der Waals surface area contributed by atoms with Gasteiger partial charge >= 0.3 is 0 Å². The van der Waals surface area contributed by atoms with Crippen LogP contribution in [0.3, 0.4) is 0 Å². The third kappa shape index (κ3) is 5.14. The van der Waals surface area contributed by atoms with Crippen molar-refractivity contribution >= 4 is 62.3 Å². The van der Waals surface area contributed by atoms with Crippen LogP contribution < -0.4 is 15.4 Å². The van der Waals surface area contributed by atoms with E-state index in [-0.39, 0.29) is 16.8 Å². The highest BCUT2D eigenvalue weighted by Gasteiger charge is 2.16. The fourth-order valence-corrected chi connectivity index (χ4v) is 3.98. The Balaban J connectivity index is 1.79. The molecule has 0 radical (unpaired) electrons. The first-order valence-corrected chi connectivity index (χ1v) is 10.4. The maximum Gasteiger partial charge on any atom is 0.259 e. The summed E-state index contributed by atoms with van der Waals surface area (Å²) in [6, 6.07) is 15.0. The predicted molar refractivity (Wildman–Crippen MR) is 124 cm³/mol. The molecule has 0 aliphatic rings. The highest BCUT2D eigenvalue weighted by atomic mass is 79.9. The van der Waals surface area contributed by atoms with Gasteiger partial charge in [-0.05, 0) is 61.0 Å². The molecule has 3 aromatic carbocycles. The normalized spacial score (nSPS) is 10.4. The minimum Gasteiger partial charge on any atom is -0.496 e. The number of hydrogen-bond donors (Lipinski definition) is 2. The van der Waals surface area contributed by atoms with E-state index in [4.69, 9.17) is 27.9 Å². The summed E-state index contributed by atoms with van der Waals surface area (Å²) in [5, 5.41) is 6.28. The van der Waals surface area contributed by atoms with Crippen LogP contribution in [-0.2, 0) is 0 Å². The number of aryl methyl sites for hydroxylation is 1. The van der Waals surface area contributed by atoms with Gasteiger partial charge in [0, 0.05) is 20.9 Å². The average molecular weight is 508 g/mol. The van der Waals surface area contributed by atoms with Crippen molar-refractivity contribution in [2.45, 2.75) is 6.92 Å². The Kier molecular flexibility index (Phi) is 7.02. The summed E-state index contributed by atoms with van der Waals surface area (Å²) in [5.74, 6) is -0.220. The summed E-state index contributed by atoms with van der Waals surface area (Å²) in [7, 11) is 1.52. The lowest BCUT2D eigenvalue weighted by molar-refractivity contribution is 0.101. The predicted octanol–water partition coefficient (Wildman–Crippen LogP) is 6.58. The van der Waals surface area contributed by atoms with E-state index in [1.807, 2.05) is 13.0 Å². The van der Waals surface area contributed by atoms with Gasteiger partial charge in [0.05, 0.1) is 23.3 Å². The number of carbonyl (C=O) groups excluding carboxylic acids is 2. The second-order valence-electron chi connectivity index (χ2n) is 6.42. The Morgan fingerprint density at radius 2 is 1.53 bits per heavy atom. The number of hydrogen-bond acceptors (Lipinski definition) is 3. The van der Waals surface area contributed by atoms with Crippen molar-refractivity contribution in [1.29, 1.82) is 0 Å². The SMILES string of the molecule is COc1c(C)cc(Br)cc1C(=O)Nc1cccc(NC(=O)c2ccc(Cl)cc2Cl)c1. The Labute approximate surface area is 192 Å². The van der Waals surface area contributed by atoms with Crippen LogP contribution in [0.1, 0.15) is 26.3 Å². The van der Waals surface area contributed by atoms with Crippen molar-refractivity contribution in [1.82, 2.24) is 0 Å². The molecule has 0 heterocycles. The summed E-state index contributed by atoms with van der Waals surface area (Å²) in [6.07, 6.45) is 0. The standard InChI is InChI=1S/C22H17BrCl2N2O3/c1-12-8-13(23)9-18(20(12)30-2)22(29)27-16-5-3-4-15(11-16)26-21(28)17-7-6-14(24)10-19(17)25/h3-11H,1-2H3,(H,26,28)(H,27,29). The molecule has 30 heavy (non-hydrogen) atoms. The molecular weight excluding hydrogens is 491 g/mol. The van der Waals surface area contributed by atoms with Gasteiger partial charge in [0.2, 0.25) is 0 Å². The zero-order valence-electron chi connectivity index (χ0n) is 16.1. The largest absolute Gasteiger partial charge is 0.496 e. The summed E-state index contributed by atoms with van der Waals surface area (Å²) < 4.78 is 6.14. The third-order valence-corrected chi connectivity index (χ3v) is 5.25. The molecule has 0 saturated heterocycles. The van der Waals surface area contributed by atoms with Crippen LogP contribution >= 0.6 is 39.1 Å². The number of benzene rings is 3. The van der Waals surface area contributed by atoms with E-state index in [0.717, 1.165) is 10.0 Å². The first-order valence-electron chi connectivity index (χ1n) is 8.80. The smallest absolute Gasteiger partial charge is 0.259 e. The molecule has 0 aliphatic carbocycles. The van der Waals surface area contributed by atoms with Crippen LogP contribution in [0.4, 0.5) is 11.4 Å². The van der Waals surface area contributed by atoms with E-state index >= 15 is 0 Å². The average Bonchev–Trinajstić information content (AvgIpc) is 2.67. The van der Waals surface area contributed by atoms with Gasteiger partial charge in [-0.25, -0.2) is 0 Å². The first-order chi connectivity index (χ1) is 14.3. The molecule has 0 aliphatic heterocycles. The maximum atomic E-state index is 12.8. The van der Waals surface area contributed by atoms with Crippen LogP contribution in [0.2, 0.25) is 10.0 Å². The highest BCUT2D eigenvalue weighted by Crippen LogP contribution is 2.29. The van der Waals surface area contributed by atoms with E-state index in [1.165, 1.54) is 13.2 Å². The third-order valence-electron chi connectivity index (χ3n) is 4.24. The van der Waals surface area contributed by atoms with Crippen molar-refractivity contribution in [2.75, 3.05) is 17.7 Å². The second-order valence-corrected chi connectivity index (χ2v) is 8.18. The van der Waals surface area contributed by atoms with Crippen molar-refractivity contribution in [3.05, 3.63) is 85.8 Å². The van der Waals surface area contributed by atoms with Gasteiger partial charge in [-0.2, -0.15) is 0 Å². The van der Waals surface area contributed by atoms with Crippen LogP contribution in [-0.4, -0.2) is 18.9 Å². The lowest BCUT2D eigenvalue weighted by Crippen LogP contribution is -2.15. The molecule has 154 valence electrons. The van der Waals surface area contributed by atoms with Gasteiger partial charge in [-0.3, -0.25) is 9.59 Å². The molecule has 2 N–H and O–H groups in total. The van der Waals surface area contributed by atoms with Gasteiger partial charge in [0.1, 0.15) is 5.75 Å². The lowest BCUT2D eigenvalue weighted by atomic mass is 10.1. The molecule has 0 aromatic heterocycles. The number of amides is 2. The fraction of sp³-hybridized carbons (Fsp3) is 0.0909. The Morgan fingerprint density at radius 1 is 0.900 bits per heavy atom. The summed E-state index contributed by atoms with van der Waals surface area (Å²) in [4.78, 5) is 25.3. The van der Waals surface area contributed by atoms with Crippen LogP contribution in [0.15, 0.2) is 59.1 Å². The van der Waals surface area contributed by atoms with Gasteiger partial charge in [-0.1, -0.05) is 45.2 Å². The minimum absolute atomic E-state index is 0.251. The molecule has 0 unspecified atom stereocenters. The highest BCUT2D eigenvalue weighted by molar-refractivity contribution is 9.10. The van der Waals surface area contributed by atoms with Gasteiger partial charge < -0.3 is 15.4 Å². The van der Waals surface area contributed by atoms with E-state index < -0.39 is 0 Å². The lowest BCUT2D eigenvalue weighted by Gasteiger charge is -2.13. The van der Waals surface area contributed by atoms with Crippen LogP contribution in [0, 0.1) is 6.92 Å². The van der Waals surface area contributed by atoms with E-state index in [9.17, 15) is 9.59 Å². The van der Waals surface area contributed by atoms with Crippen LogP contribution in [0.25, 0.3) is 0 Å². The fourth-order valence-electron chi connectivity index (χ4n) is 2.91. The summed E-state index contributed by atoms with van der Waals surface area (Å²) >= 11 is 15.4. The van der Waals surface area contributed by atoms with Crippen molar-refractivity contribution in [3.63, 3.8) is 0 Å². The molecule has 0 saturated carbocycles. The van der Waals surface area contributed by atoms with E-state index in [0.29, 0.717) is 33.3 Å². The Morgan fingerprint density at radius 3 is 2.13 bits per heavy atom. The quantitative estimate of drug-likeness (QED) is 0.410. The van der Waals surface area contributed by atoms with E-state index in [2.05, 4.69) is 26.6 Å². The van der Waals surface area contributed by atoms with Gasteiger partial charge in [0.25, 0.3) is 11.8 Å². The molecule has 3 aromatic rings. The second kappa shape index (κ2) is 9.51. The van der Waals surface area contributed by atoms with Crippen molar-refractivity contribution < 1.29 is 14.3 Å². The molecule has 2 amide bonds. The molecule has 0 bridgehead atoms. The van der Waals surface area contributed by atoms with Crippen molar-refractivity contribution in [2.24, 2.45) is 0 Å². The van der Waals surface area contributed by atoms with Crippen LogP contribution in [0.5, 0.6) is 5.75 Å². The molecule has 0 spiro atoms. The molecule has 0 atom stereocenters. The molecule has 0 fully saturated rings. The zero-order valence-corrected chi connectivity index (χ0v) is 19.2. The first kappa shape index (κ1) is 22.2. The van der Waals surface area contributed by atoms with Crippen molar-refractivity contribution in [3.8, 4) is 5.75 Å². The molecule has 3 rings (SSSR count). The molecule has 5 nitrogen and oxygen atoms in total. The maximum absolute atomic E-state index is 12.8. The van der Waals surface area contributed by atoms with Gasteiger partial charge in [0.15, 0.2) is 0 Å². The number of nitrogens with one attached hydrogen (secondary N) is 2. The number of rotatable bonds is 5. The monoisotopic (exact) mass is 506 g/mol. The number of carbonyl (C=O) groups is 2. The zero-order chi connectivity index (χ0) is 21.8. The topological polar surface area (TPSA) is 67.4 Å². The summed E-state index contributed by atoms with van der Waals surface area (Å²) in [5.41, 5.74) is 2.54. The Hall–Kier alpha value is -2.54. The number of methoxy groups -OCH3 is 1. The number of ether oxygens (including phenoxy) is 1. The summed E-state index contributed by atoms with van der Waals surface area (Å²) in [6.45, 7) is 1.86.